The van der Waals surface area contributed by atoms with Crippen LogP contribution in [-0.2, 0) is 0 Å². The summed E-state index contributed by atoms with van der Waals surface area (Å²) >= 11 is 3.34. The normalized spacial score (nSPS) is 24.0. The van der Waals surface area contributed by atoms with Crippen LogP contribution in [-0.4, -0.2) is 34.4 Å². The zero-order valence-electron chi connectivity index (χ0n) is 13.4. The Labute approximate surface area is 141 Å². The maximum atomic E-state index is 9.77. The maximum absolute atomic E-state index is 9.77. The number of nitrogens with one attached hydrogen (secondary N) is 1. The van der Waals surface area contributed by atoms with E-state index in [2.05, 4.69) is 29.6 Å². The van der Waals surface area contributed by atoms with Crippen LogP contribution in [0, 0.1) is 0 Å². The molecule has 0 saturated heterocycles. The Balaban J connectivity index is 2.05. The van der Waals surface area contributed by atoms with E-state index >= 15 is 0 Å². The van der Waals surface area contributed by atoms with Crippen molar-refractivity contribution in [1.82, 2.24) is 5.32 Å². The van der Waals surface area contributed by atoms with Crippen molar-refractivity contribution in [3.8, 4) is 0 Å². The molecule has 0 saturated carbocycles. The second kappa shape index (κ2) is 8.13. The first-order chi connectivity index (χ1) is 10.5. The molecule has 0 aromatic carbocycles. The molecule has 4 N–H and O–H groups in total. The third kappa shape index (κ3) is 4.33. The van der Waals surface area contributed by atoms with Gasteiger partial charge in [0.15, 0.2) is 5.17 Å². The fourth-order valence-corrected chi connectivity index (χ4v) is 4.42. The van der Waals surface area contributed by atoms with E-state index < -0.39 is 6.10 Å². The highest BCUT2D eigenvalue weighted by Gasteiger charge is 2.19. The number of hydrogen-bond donors (Lipinski definition) is 3. The van der Waals surface area contributed by atoms with Gasteiger partial charge in [0.1, 0.15) is 0 Å². The Morgan fingerprint density at radius 3 is 3.00 bits per heavy atom. The number of rotatable bonds is 5. The van der Waals surface area contributed by atoms with Crippen molar-refractivity contribution in [2.45, 2.75) is 45.3 Å². The lowest BCUT2D eigenvalue weighted by molar-refractivity contribution is 0.227. The SMILES string of the molecule is CSC1=C(CSC(N)=NC2=C(C(C)O)CCC2)C(C)NC=C1. The van der Waals surface area contributed by atoms with Crippen LogP contribution in [0.15, 0.2) is 39.0 Å². The van der Waals surface area contributed by atoms with Crippen molar-refractivity contribution >= 4 is 28.7 Å². The number of thioether (sulfide) groups is 2. The maximum Gasteiger partial charge on any atom is 0.159 e. The molecule has 2 aliphatic rings. The van der Waals surface area contributed by atoms with Gasteiger partial charge in [-0.3, -0.25) is 0 Å². The minimum atomic E-state index is -0.419. The number of nitrogens with two attached hydrogens (primary N) is 1. The van der Waals surface area contributed by atoms with Crippen molar-refractivity contribution in [3.05, 3.63) is 34.0 Å². The molecular formula is C16H25N3OS2. The Morgan fingerprint density at radius 2 is 2.32 bits per heavy atom. The van der Waals surface area contributed by atoms with Gasteiger partial charge < -0.3 is 16.2 Å². The van der Waals surface area contributed by atoms with Crippen LogP contribution in [0.4, 0.5) is 0 Å². The molecule has 2 rings (SSSR count). The molecular weight excluding hydrogens is 314 g/mol. The Hall–Kier alpha value is -0.850. The van der Waals surface area contributed by atoms with Crippen LogP contribution in [0.25, 0.3) is 0 Å². The lowest BCUT2D eigenvalue weighted by Crippen LogP contribution is -2.28. The van der Waals surface area contributed by atoms with Gasteiger partial charge in [-0.05, 0) is 62.8 Å². The zero-order chi connectivity index (χ0) is 16.1. The molecule has 1 heterocycles. The summed E-state index contributed by atoms with van der Waals surface area (Å²) < 4.78 is 0. The predicted molar refractivity (Wildman–Crippen MR) is 98.9 cm³/mol. The number of hydrogen-bond acceptors (Lipinski definition) is 5. The van der Waals surface area contributed by atoms with E-state index in [-0.39, 0.29) is 0 Å². The first-order valence-electron chi connectivity index (χ1n) is 7.59. The minimum Gasteiger partial charge on any atom is -0.389 e. The molecule has 4 nitrogen and oxygen atoms in total. The van der Waals surface area contributed by atoms with Crippen LogP contribution in [0.1, 0.15) is 33.1 Å². The van der Waals surface area contributed by atoms with Crippen LogP contribution >= 0.6 is 23.5 Å². The number of nitrogens with zero attached hydrogens (tertiary/aromatic N) is 1. The topological polar surface area (TPSA) is 70.6 Å². The first kappa shape index (κ1) is 17.5. The summed E-state index contributed by atoms with van der Waals surface area (Å²) in [6, 6.07) is 0.325. The summed E-state index contributed by atoms with van der Waals surface area (Å²) in [4.78, 5) is 5.85. The van der Waals surface area contributed by atoms with Crippen LogP contribution in [0.3, 0.4) is 0 Å². The van der Waals surface area contributed by atoms with Gasteiger partial charge in [-0.25, -0.2) is 4.99 Å². The summed E-state index contributed by atoms with van der Waals surface area (Å²) in [6.07, 6.45) is 8.70. The van der Waals surface area contributed by atoms with Crippen LogP contribution in [0.2, 0.25) is 0 Å². The molecule has 122 valence electrons. The Morgan fingerprint density at radius 1 is 1.55 bits per heavy atom. The molecule has 1 aliphatic carbocycles. The predicted octanol–water partition coefficient (Wildman–Crippen LogP) is 2.98. The third-order valence-corrected chi connectivity index (χ3v) is 5.68. The molecule has 0 radical (unpaired) electrons. The molecule has 2 unspecified atom stereocenters. The molecule has 0 spiro atoms. The van der Waals surface area contributed by atoms with E-state index in [4.69, 9.17) is 5.73 Å². The summed E-state index contributed by atoms with van der Waals surface area (Å²) in [7, 11) is 0. The summed E-state index contributed by atoms with van der Waals surface area (Å²) in [5.74, 6) is 0.835. The van der Waals surface area contributed by atoms with E-state index in [1.807, 2.05) is 6.20 Å². The van der Waals surface area contributed by atoms with Crippen LogP contribution < -0.4 is 11.1 Å². The Bertz CT molecular complexity index is 536. The van der Waals surface area contributed by atoms with Crippen molar-refractivity contribution in [2.75, 3.05) is 12.0 Å². The Kier molecular flexibility index (Phi) is 6.47. The van der Waals surface area contributed by atoms with Gasteiger partial charge >= 0.3 is 0 Å². The van der Waals surface area contributed by atoms with Gasteiger partial charge in [-0.1, -0.05) is 11.8 Å². The van der Waals surface area contributed by atoms with Crippen molar-refractivity contribution < 1.29 is 5.11 Å². The van der Waals surface area contributed by atoms with Gasteiger partial charge in [0.2, 0.25) is 0 Å². The monoisotopic (exact) mass is 339 g/mol. The highest BCUT2D eigenvalue weighted by atomic mass is 32.2. The van der Waals surface area contributed by atoms with Gasteiger partial charge in [0.05, 0.1) is 6.10 Å². The summed E-state index contributed by atoms with van der Waals surface area (Å²) in [5.41, 5.74) is 9.48. The van der Waals surface area contributed by atoms with E-state index in [1.54, 1.807) is 30.4 Å². The number of allylic oxidation sites excluding steroid dienone is 2. The number of aliphatic imine (C=N–C) groups is 1. The average Bonchev–Trinajstić information content (AvgIpc) is 2.94. The third-order valence-electron chi connectivity index (χ3n) is 4.00. The fraction of sp³-hybridized carbons (Fsp3) is 0.562. The molecule has 0 aromatic rings. The average molecular weight is 340 g/mol. The number of dihydropyridines is 1. The second-order valence-electron chi connectivity index (χ2n) is 5.56. The molecule has 0 amide bonds. The van der Waals surface area contributed by atoms with Crippen molar-refractivity contribution in [3.63, 3.8) is 0 Å². The van der Waals surface area contributed by atoms with E-state index in [0.29, 0.717) is 11.2 Å². The minimum absolute atomic E-state index is 0.325. The van der Waals surface area contributed by atoms with E-state index in [1.165, 1.54) is 10.5 Å². The van der Waals surface area contributed by atoms with Gasteiger partial charge in [-0.2, -0.15) is 0 Å². The number of aliphatic hydroxyl groups excluding tert-OH is 1. The highest BCUT2D eigenvalue weighted by molar-refractivity contribution is 8.14. The van der Waals surface area contributed by atoms with Crippen molar-refractivity contribution in [1.29, 1.82) is 0 Å². The molecule has 0 aromatic heterocycles. The summed E-state index contributed by atoms with van der Waals surface area (Å²) in [5, 5.41) is 13.7. The fourth-order valence-electron chi connectivity index (χ4n) is 2.73. The molecule has 1 aliphatic heterocycles. The first-order valence-corrected chi connectivity index (χ1v) is 9.80. The van der Waals surface area contributed by atoms with E-state index in [9.17, 15) is 5.11 Å². The van der Waals surface area contributed by atoms with E-state index in [0.717, 1.165) is 36.3 Å². The largest absolute Gasteiger partial charge is 0.389 e. The standard InChI is InChI=1S/C16H25N3OS2/c1-10-13(15(21-3)7-8-18-10)9-22-16(17)19-14-6-4-5-12(14)11(2)20/h7-8,10-11,18,20H,4-6,9H2,1-3H3,(H2,17,19). The van der Waals surface area contributed by atoms with Gasteiger partial charge in [0.25, 0.3) is 0 Å². The summed E-state index contributed by atoms with van der Waals surface area (Å²) in [6.45, 7) is 3.96. The zero-order valence-corrected chi connectivity index (χ0v) is 15.1. The number of aliphatic hydroxyl groups is 1. The lowest BCUT2D eigenvalue weighted by atomic mass is 10.1. The highest BCUT2D eigenvalue weighted by Crippen LogP contribution is 2.30. The number of amidine groups is 1. The molecule has 0 fully saturated rings. The molecule has 0 bridgehead atoms. The van der Waals surface area contributed by atoms with Crippen LogP contribution in [0.5, 0.6) is 0 Å². The molecule has 6 heteroatoms. The molecule has 2 atom stereocenters. The molecule has 22 heavy (non-hydrogen) atoms. The van der Waals surface area contributed by atoms with Gasteiger partial charge in [0, 0.05) is 22.4 Å². The quantitative estimate of drug-likeness (QED) is 0.531. The lowest BCUT2D eigenvalue weighted by Gasteiger charge is -2.22. The second-order valence-corrected chi connectivity index (χ2v) is 7.40. The van der Waals surface area contributed by atoms with Gasteiger partial charge in [-0.15, -0.1) is 11.8 Å². The van der Waals surface area contributed by atoms with Crippen molar-refractivity contribution in [2.24, 2.45) is 10.7 Å². The smallest absolute Gasteiger partial charge is 0.159 e.